The Morgan fingerprint density at radius 3 is 2.53 bits per heavy atom. The van der Waals surface area contributed by atoms with Gasteiger partial charge in [0.25, 0.3) is 0 Å². The Bertz CT molecular complexity index is 309. The summed E-state index contributed by atoms with van der Waals surface area (Å²) in [6, 6.07) is 5.29. The van der Waals surface area contributed by atoms with Gasteiger partial charge >= 0.3 is 0 Å². The van der Waals surface area contributed by atoms with E-state index in [1.165, 1.54) is 0 Å². The van der Waals surface area contributed by atoms with Crippen molar-refractivity contribution >= 4 is 0 Å². The maximum absolute atomic E-state index is 9.39. The lowest BCUT2D eigenvalue weighted by Gasteiger charge is -2.12. The summed E-state index contributed by atoms with van der Waals surface area (Å²) in [6.45, 7) is 1.87. The molecule has 84 valence electrons. The van der Waals surface area contributed by atoms with Gasteiger partial charge in [-0.05, 0) is 24.6 Å². The molecular formula is C11H16O4. The van der Waals surface area contributed by atoms with Crippen molar-refractivity contribution in [2.24, 2.45) is 0 Å². The topological polar surface area (TPSA) is 47.9 Å². The Morgan fingerprint density at radius 1 is 1.27 bits per heavy atom. The molecule has 0 heterocycles. The van der Waals surface area contributed by atoms with E-state index in [-0.39, 0.29) is 6.79 Å². The lowest BCUT2D eigenvalue weighted by atomic mass is 10.1. The van der Waals surface area contributed by atoms with Gasteiger partial charge in [-0.3, -0.25) is 0 Å². The van der Waals surface area contributed by atoms with Gasteiger partial charge in [0, 0.05) is 7.11 Å². The predicted molar refractivity (Wildman–Crippen MR) is 56.1 cm³/mol. The van der Waals surface area contributed by atoms with Crippen molar-refractivity contribution in [1.82, 2.24) is 0 Å². The zero-order chi connectivity index (χ0) is 11.3. The Balaban J connectivity index is 2.88. The van der Waals surface area contributed by atoms with Gasteiger partial charge in [0.2, 0.25) is 0 Å². The third-order valence-corrected chi connectivity index (χ3v) is 2.00. The molecule has 1 atom stereocenters. The summed E-state index contributed by atoms with van der Waals surface area (Å²) in [5, 5.41) is 9.39. The third-order valence-electron chi connectivity index (χ3n) is 2.00. The zero-order valence-corrected chi connectivity index (χ0v) is 9.19. The Kier molecular flexibility index (Phi) is 4.39. The SMILES string of the molecule is COCOc1ccc([C@H](C)O)cc1OC. The van der Waals surface area contributed by atoms with Gasteiger partial charge < -0.3 is 19.3 Å². The fourth-order valence-corrected chi connectivity index (χ4v) is 1.19. The van der Waals surface area contributed by atoms with E-state index < -0.39 is 6.10 Å². The number of hydrogen-bond acceptors (Lipinski definition) is 4. The van der Waals surface area contributed by atoms with E-state index >= 15 is 0 Å². The molecular weight excluding hydrogens is 196 g/mol. The van der Waals surface area contributed by atoms with Crippen molar-refractivity contribution in [3.8, 4) is 11.5 Å². The first-order valence-electron chi connectivity index (χ1n) is 4.66. The van der Waals surface area contributed by atoms with E-state index in [9.17, 15) is 5.11 Å². The molecule has 0 aliphatic heterocycles. The quantitative estimate of drug-likeness (QED) is 0.755. The van der Waals surface area contributed by atoms with Crippen molar-refractivity contribution in [1.29, 1.82) is 0 Å². The number of benzene rings is 1. The highest BCUT2D eigenvalue weighted by molar-refractivity contribution is 5.43. The maximum atomic E-state index is 9.39. The van der Waals surface area contributed by atoms with Crippen LogP contribution in [0.4, 0.5) is 0 Å². The zero-order valence-electron chi connectivity index (χ0n) is 9.19. The van der Waals surface area contributed by atoms with Gasteiger partial charge in [-0.2, -0.15) is 0 Å². The van der Waals surface area contributed by atoms with Crippen LogP contribution in [0.3, 0.4) is 0 Å². The summed E-state index contributed by atoms with van der Waals surface area (Å²) in [6.07, 6.45) is -0.518. The van der Waals surface area contributed by atoms with Crippen LogP contribution in [-0.4, -0.2) is 26.1 Å². The molecule has 0 bridgehead atoms. The highest BCUT2D eigenvalue weighted by atomic mass is 16.7. The number of aliphatic hydroxyl groups excluding tert-OH is 1. The smallest absolute Gasteiger partial charge is 0.188 e. The first-order chi connectivity index (χ1) is 7.19. The summed E-state index contributed by atoms with van der Waals surface area (Å²) in [5.74, 6) is 1.19. The second-order valence-corrected chi connectivity index (χ2v) is 3.14. The van der Waals surface area contributed by atoms with Crippen LogP contribution in [0.5, 0.6) is 11.5 Å². The van der Waals surface area contributed by atoms with Crippen LogP contribution in [0.25, 0.3) is 0 Å². The van der Waals surface area contributed by atoms with Crippen LogP contribution in [0.1, 0.15) is 18.6 Å². The summed E-state index contributed by atoms with van der Waals surface area (Å²) >= 11 is 0. The van der Waals surface area contributed by atoms with E-state index in [4.69, 9.17) is 14.2 Å². The molecule has 0 saturated carbocycles. The molecule has 1 N–H and O–H groups in total. The first kappa shape index (κ1) is 11.8. The number of methoxy groups -OCH3 is 2. The van der Waals surface area contributed by atoms with Crippen LogP contribution < -0.4 is 9.47 Å². The van der Waals surface area contributed by atoms with Crippen LogP contribution in [0.15, 0.2) is 18.2 Å². The second-order valence-electron chi connectivity index (χ2n) is 3.14. The number of ether oxygens (including phenoxy) is 3. The fourth-order valence-electron chi connectivity index (χ4n) is 1.19. The molecule has 1 aromatic rings. The molecule has 0 unspecified atom stereocenters. The third kappa shape index (κ3) is 3.11. The lowest BCUT2D eigenvalue weighted by Crippen LogP contribution is -2.01. The van der Waals surface area contributed by atoms with Crippen LogP contribution in [0, 0.1) is 0 Å². The number of hydrogen-bond donors (Lipinski definition) is 1. The Labute approximate surface area is 89.4 Å². The molecule has 15 heavy (non-hydrogen) atoms. The standard InChI is InChI=1S/C11H16O4/c1-8(12)9-4-5-10(15-7-13-2)11(6-9)14-3/h4-6,8,12H,7H2,1-3H3/t8-/m0/s1. The molecule has 0 radical (unpaired) electrons. The van der Waals surface area contributed by atoms with E-state index in [2.05, 4.69) is 0 Å². The summed E-state index contributed by atoms with van der Waals surface area (Å²) < 4.78 is 15.2. The van der Waals surface area contributed by atoms with Gasteiger partial charge in [0.05, 0.1) is 13.2 Å². The first-order valence-corrected chi connectivity index (χ1v) is 4.66. The van der Waals surface area contributed by atoms with E-state index in [0.717, 1.165) is 5.56 Å². The van der Waals surface area contributed by atoms with Gasteiger partial charge in [-0.1, -0.05) is 6.07 Å². The van der Waals surface area contributed by atoms with E-state index in [0.29, 0.717) is 11.5 Å². The van der Waals surface area contributed by atoms with Crippen LogP contribution in [0.2, 0.25) is 0 Å². The Morgan fingerprint density at radius 2 is 2.00 bits per heavy atom. The van der Waals surface area contributed by atoms with Crippen molar-refractivity contribution < 1.29 is 19.3 Å². The molecule has 1 aromatic carbocycles. The average Bonchev–Trinajstić information content (AvgIpc) is 2.25. The summed E-state index contributed by atoms with van der Waals surface area (Å²) in [7, 11) is 3.11. The van der Waals surface area contributed by atoms with Crippen LogP contribution in [-0.2, 0) is 4.74 Å². The highest BCUT2D eigenvalue weighted by Gasteiger charge is 2.08. The molecule has 0 aromatic heterocycles. The summed E-state index contributed by atoms with van der Waals surface area (Å²) in [5.41, 5.74) is 0.789. The normalized spacial score (nSPS) is 12.3. The van der Waals surface area contributed by atoms with Crippen molar-refractivity contribution in [3.05, 3.63) is 23.8 Å². The highest BCUT2D eigenvalue weighted by Crippen LogP contribution is 2.30. The average molecular weight is 212 g/mol. The molecule has 1 rings (SSSR count). The number of aliphatic hydroxyl groups is 1. The van der Waals surface area contributed by atoms with Crippen molar-refractivity contribution in [2.45, 2.75) is 13.0 Å². The minimum Gasteiger partial charge on any atom is -0.493 e. The largest absolute Gasteiger partial charge is 0.493 e. The van der Waals surface area contributed by atoms with Gasteiger partial charge in [-0.25, -0.2) is 0 Å². The molecule has 4 heteroatoms. The Hall–Kier alpha value is -1.26. The maximum Gasteiger partial charge on any atom is 0.188 e. The molecule has 4 nitrogen and oxygen atoms in total. The fraction of sp³-hybridized carbons (Fsp3) is 0.455. The minimum absolute atomic E-state index is 0.171. The van der Waals surface area contributed by atoms with Gasteiger partial charge in [0.1, 0.15) is 0 Å². The lowest BCUT2D eigenvalue weighted by molar-refractivity contribution is 0.0491. The summed E-state index contributed by atoms with van der Waals surface area (Å²) in [4.78, 5) is 0. The molecule has 0 fully saturated rings. The number of rotatable bonds is 5. The minimum atomic E-state index is -0.518. The van der Waals surface area contributed by atoms with E-state index in [1.54, 1.807) is 39.3 Å². The van der Waals surface area contributed by atoms with Gasteiger partial charge in [0.15, 0.2) is 18.3 Å². The molecule has 0 amide bonds. The van der Waals surface area contributed by atoms with Crippen molar-refractivity contribution in [3.63, 3.8) is 0 Å². The molecule has 0 saturated heterocycles. The van der Waals surface area contributed by atoms with Gasteiger partial charge in [-0.15, -0.1) is 0 Å². The molecule has 0 aliphatic rings. The molecule has 0 spiro atoms. The predicted octanol–water partition coefficient (Wildman–Crippen LogP) is 1.73. The monoisotopic (exact) mass is 212 g/mol. The molecule has 0 aliphatic carbocycles. The van der Waals surface area contributed by atoms with Crippen molar-refractivity contribution in [2.75, 3.05) is 21.0 Å². The second kappa shape index (κ2) is 5.58. The van der Waals surface area contributed by atoms with E-state index in [1.807, 2.05) is 0 Å². The van der Waals surface area contributed by atoms with Crippen LogP contribution >= 0.6 is 0 Å².